The first kappa shape index (κ1) is 12.7. The van der Waals surface area contributed by atoms with Gasteiger partial charge in [-0.2, -0.15) is 0 Å². The lowest BCUT2D eigenvalue weighted by molar-refractivity contribution is -0.124. The molecule has 1 fully saturated rings. The first-order chi connectivity index (χ1) is 8.13. The molecule has 1 aliphatic rings. The van der Waals surface area contributed by atoms with Gasteiger partial charge in [0.05, 0.1) is 16.0 Å². The van der Waals surface area contributed by atoms with E-state index in [0.717, 1.165) is 12.1 Å². The van der Waals surface area contributed by atoms with E-state index in [1.54, 1.807) is 13.1 Å². The zero-order valence-corrected chi connectivity index (χ0v) is 11.0. The predicted octanol–water partition coefficient (Wildman–Crippen LogP) is 2.04. The highest BCUT2D eigenvalue weighted by molar-refractivity contribution is 6.42. The van der Waals surface area contributed by atoms with Crippen molar-refractivity contribution in [2.24, 2.45) is 5.92 Å². The topological polar surface area (TPSA) is 41.1 Å². The Bertz CT molecular complexity index is 437. The summed E-state index contributed by atoms with van der Waals surface area (Å²) in [4.78, 5) is 11.7. The van der Waals surface area contributed by atoms with Gasteiger partial charge in [0.25, 0.3) is 0 Å². The minimum absolute atomic E-state index is 0.0442. The molecule has 3 nitrogen and oxygen atoms in total. The second kappa shape index (κ2) is 5.25. The highest BCUT2D eigenvalue weighted by Crippen LogP contribution is 2.32. The van der Waals surface area contributed by atoms with Crippen LogP contribution in [-0.2, 0) is 4.79 Å². The summed E-state index contributed by atoms with van der Waals surface area (Å²) in [5, 5.41) is 7.00. The minimum Gasteiger partial charge on any atom is -0.359 e. The minimum atomic E-state index is -0.0442. The van der Waals surface area contributed by atoms with Crippen LogP contribution in [0.3, 0.4) is 0 Å². The van der Waals surface area contributed by atoms with Crippen LogP contribution in [0.25, 0.3) is 0 Å². The summed E-state index contributed by atoms with van der Waals surface area (Å²) in [6.45, 7) is 1.49. The molecular formula is C12H14Cl2N2O. The van der Waals surface area contributed by atoms with Crippen molar-refractivity contribution in [1.82, 2.24) is 10.6 Å². The van der Waals surface area contributed by atoms with E-state index in [4.69, 9.17) is 23.2 Å². The number of hydrogen-bond acceptors (Lipinski definition) is 2. The Labute approximate surface area is 110 Å². The Morgan fingerprint density at radius 3 is 2.76 bits per heavy atom. The number of benzene rings is 1. The summed E-state index contributed by atoms with van der Waals surface area (Å²) in [5.74, 6) is 0.174. The summed E-state index contributed by atoms with van der Waals surface area (Å²) < 4.78 is 0. The summed E-state index contributed by atoms with van der Waals surface area (Å²) >= 11 is 11.9. The molecule has 2 N–H and O–H groups in total. The van der Waals surface area contributed by atoms with Crippen LogP contribution in [0.2, 0.25) is 10.0 Å². The average Bonchev–Trinajstić information content (AvgIpc) is 2.80. The zero-order chi connectivity index (χ0) is 12.4. The van der Waals surface area contributed by atoms with Crippen molar-refractivity contribution in [3.05, 3.63) is 33.8 Å². The first-order valence-corrected chi connectivity index (χ1v) is 6.26. The van der Waals surface area contributed by atoms with Gasteiger partial charge in [-0.1, -0.05) is 29.3 Å². The van der Waals surface area contributed by atoms with Crippen LogP contribution in [0.4, 0.5) is 0 Å². The van der Waals surface area contributed by atoms with Crippen molar-refractivity contribution in [2.45, 2.75) is 5.92 Å². The van der Waals surface area contributed by atoms with Crippen LogP contribution >= 0.6 is 23.2 Å². The lowest BCUT2D eigenvalue weighted by Crippen LogP contribution is -2.31. The summed E-state index contributed by atoms with van der Waals surface area (Å²) in [7, 11) is 1.66. The molecule has 1 heterocycles. The summed E-state index contributed by atoms with van der Waals surface area (Å²) in [6, 6.07) is 5.55. The van der Waals surface area contributed by atoms with E-state index in [1.807, 2.05) is 12.1 Å². The van der Waals surface area contributed by atoms with Gasteiger partial charge in [0, 0.05) is 26.1 Å². The molecule has 1 saturated heterocycles. The molecule has 1 aromatic rings. The van der Waals surface area contributed by atoms with Gasteiger partial charge in [0.15, 0.2) is 0 Å². The maximum absolute atomic E-state index is 11.7. The molecule has 1 aliphatic heterocycles. The molecule has 5 heteroatoms. The number of hydrogen-bond donors (Lipinski definition) is 2. The standard InChI is InChI=1S/C12H14Cl2N2O/c1-15-12(17)9-6-16-5-8(9)7-2-3-10(13)11(14)4-7/h2-4,8-9,16H,5-6H2,1H3,(H,15,17)/t8-,9+/m0/s1. The molecule has 0 spiro atoms. The maximum atomic E-state index is 11.7. The van der Waals surface area contributed by atoms with Gasteiger partial charge >= 0.3 is 0 Å². The average molecular weight is 273 g/mol. The second-order valence-electron chi connectivity index (χ2n) is 4.16. The molecule has 0 unspecified atom stereocenters. The Hall–Kier alpha value is -0.770. The largest absolute Gasteiger partial charge is 0.359 e. The van der Waals surface area contributed by atoms with Gasteiger partial charge in [-0.3, -0.25) is 4.79 Å². The molecule has 0 saturated carbocycles. The van der Waals surface area contributed by atoms with Gasteiger partial charge < -0.3 is 10.6 Å². The number of nitrogens with one attached hydrogen (secondary N) is 2. The number of carbonyl (C=O) groups excluding carboxylic acids is 1. The number of carbonyl (C=O) groups is 1. The Morgan fingerprint density at radius 1 is 1.35 bits per heavy atom. The number of amides is 1. The third-order valence-electron chi connectivity index (χ3n) is 3.17. The van der Waals surface area contributed by atoms with Crippen LogP contribution in [0.1, 0.15) is 11.5 Å². The van der Waals surface area contributed by atoms with Gasteiger partial charge in [-0.25, -0.2) is 0 Å². The summed E-state index contributed by atoms with van der Waals surface area (Å²) in [5.41, 5.74) is 1.05. The number of halogens is 2. The van der Waals surface area contributed by atoms with Crippen molar-refractivity contribution in [3.8, 4) is 0 Å². The van der Waals surface area contributed by atoms with E-state index in [0.29, 0.717) is 16.6 Å². The fourth-order valence-electron chi connectivity index (χ4n) is 2.23. The molecule has 17 heavy (non-hydrogen) atoms. The molecule has 0 aromatic heterocycles. The Kier molecular flexibility index (Phi) is 3.92. The predicted molar refractivity (Wildman–Crippen MR) is 69.6 cm³/mol. The molecule has 0 bridgehead atoms. The molecular weight excluding hydrogens is 259 g/mol. The van der Waals surface area contributed by atoms with Crippen molar-refractivity contribution >= 4 is 29.1 Å². The Balaban J connectivity index is 2.26. The van der Waals surface area contributed by atoms with Crippen molar-refractivity contribution < 1.29 is 4.79 Å². The highest BCUT2D eigenvalue weighted by Gasteiger charge is 2.33. The maximum Gasteiger partial charge on any atom is 0.224 e. The quantitative estimate of drug-likeness (QED) is 0.865. The van der Waals surface area contributed by atoms with Gasteiger partial charge in [-0.05, 0) is 17.7 Å². The fraction of sp³-hybridized carbons (Fsp3) is 0.417. The normalized spacial score (nSPS) is 23.7. The molecule has 2 atom stereocenters. The molecule has 92 valence electrons. The molecule has 2 rings (SSSR count). The van der Waals surface area contributed by atoms with Gasteiger partial charge in [0.1, 0.15) is 0 Å². The van der Waals surface area contributed by atoms with Crippen LogP contribution < -0.4 is 10.6 Å². The fourth-order valence-corrected chi connectivity index (χ4v) is 2.54. The van der Waals surface area contributed by atoms with Gasteiger partial charge in [-0.15, -0.1) is 0 Å². The smallest absolute Gasteiger partial charge is 0.224 e. The first-order valence-electron chi connectivity index (χ1n) is 5.50. The molecule has 0 aliphatic carbocycles. The molecule has 1 aromatic carbocycles. The third-order valence-corrected chi connectivity index (χ3v) is 3.91. The highest BCUT2D eigenvalue weighted by atomic mass is 35.5. The van der Waals surface area contributed by atoms with E-state index in [9.17, 15) is 4.79 Å². The van der Waals surface area contributed by atoms with Crippen molar-refractivity contribution in [2.75, 3.05) is 20.1 Å². The second-order valence-corrected chi connectivity index (χ2v) is 4.97. The van der Waals surface area contributed by atoms with Crippen molar-refractivity contribution in [3.63, 3.8) is 0 Å². The van der Waals surface area contributed by atoms with E-state index < -0.39 is 0 Å². The van der Waals surface area contributed by atoms with Gasteiger partial charge in [0.2, 0.25) is 5.91 Å². The lowest BCUT2D eigenvalue weighted by Gasteiger charge is -2.17. The van der Waals surface area contributed by atoms with E-state index in [-0.39, 0.29) is 17.7 Å². The van der Waals surface area contributed by atoms with Crippen LogP contribution in [0.15, 0.2) is 18.2 Å². The zero-order valence-electron chi connectivity index (χ0n) is 9.47. The SMILES string of the molecule is CNC(=O)[C@@H]1CNC[C@H]1c1ccc(Cl)c(Cl)c1. The molecule has 1 amide bonds. The van der Waals surface area contributed by atoms with Crippen LogP contribution in [-0.4, -0.2) is 26.0 Å². The van der Waals surface area contributed by atoms with Crippen molar-refractivity contribution in [1.29, 1.82) is 0 Å². The van der Waals surface area contributed by atoms with E-state index >= 15 is 0 Å². The van der Waals surface area contributed by atoms with Crippen LogP contribution in [0.5, 0.6) is 0 Å². The molecule has 0 radical (unpaired) electrons. The third kappa shape index (κ3) is 2.57. The number of rotatable bonds is 2. The van der Waals surface area contributed by atoms with Crippen LogP contribution in [0, 0.1) is 5.92 Å². The lowest BCUT2D eigenvalue weighted by atomic mass is 9.88. The van der Waals surface area contributed by atoms with E-state index in [2.05, 4.69) is 10.6 Å². The Morgan fingerprint density at radius 2 is 2.12 bits per heavy atom. The van der Waals surface area contributed by atoms with E-state index in [1.165, 1.54) is 0 Å². The summed E-state index contributed by atoms with van der Waals surface area (Å²) in [6.07, 6.45) is 0. The monoisotopic (exact) mass is 272 g/mol.